The largest absolute Gasteiger partial charge is 0.481 e. The number of carboxylic acids is 1. The molecule has 2 N–H and O–H groups in total. The molecule has 2 aromatic carbocycles. The summed E-state index contributed by atoms with van der Waals surface area (Å²) in [6, 6.07) is 15.9. The van der Waals surface area contributed by atoms with Gasteiger partial charge in [-0.25, -0.2) is 4.79 Å². The topological polar surface area (TPSA) is 95.9 Å². The Balaban J connectivity index is 1.29. The first kappa shape index (κ1) is 23.4. The first-order valence-corrected chi connectivity index (χ1v) is 12.5. The number of carbonyl (C=O) groups excluding carboxylic acids is 2. The van der Waals surface area contributed by atoms with Crippen molar-refractivity contribution in [1.29, 1.82) is 0 Å². The smallest absolute Gasteiger partial charge is 0.408 e. The van der Waals surface area contributed by atoms with Gasteiger partial charge in [0.25, 0.3) is 0 Å². The minimum atomic E-state index is -1.15. The van der Waals surface area contributed by atoms with E-state index in [0.29, 0.717) is 25.7 Å². The van der Waals surface area contributed by atoms with E-state index in [-0.39, 0.29) is 30.5 Å². The predicted molar refractivity (Wildman–Crippen MR) is 131 cm³/mol. The summed E-state index contributed by atoms with van der Waals surface area (Å²) >= 11 is 0. The molecule has 2 amide bonds. The number of benzene rings is 2. The summed E-state index contributed by atoms with van der Waals surface area (Å²) in [5.41, 5.74) is 3.41. The zero-order valence-corrected chi connectivity index (χ0v) is 20.2. The minimum absolute atomic E-state index is 0.0629. The van der Waals surface area contributed by atoms with Crippen LogP contribution in [0.5, 0.6) is 0 Å². The highest BCUT2D eigenvalue weighted by atomic mass is 16.5. The summed E-state index contributed by atoms with van der Waals surface area (Å²) in [6.45, 7) is 3.86. The minimum Gasteiger partial charge on any atom is -0.481 e. The Morgan fingerprint density at radius 1 is 1.06 bits per heavy atom. The van der Waals surface area contributed by atoms with Crippen LogP contribution in [-0.2, 0) is 14.3 Å². The third-order valence-corrected chi connectivity index (χ3v) is 8.03. The molecule has 7 heteroatoms. The maximum Gasteiger partial charge on any atom is 0.408 e. The SMILES string of the molecule is CCCC(C)(NC(=O)OCC1c2ccccc2-c2ccccc21)C(=O)N1C2CCC1C(C(=O)O)C2. The molecule has 2 saturated heterocycles. The monoisotopic (exact) mass is 476 g/mol. The predicted octanol–water partition coefficient (Wildman–Crippen LogP) is 4.55. The van der Waals surface area contributed by atoms with Crippen LogP contribution in [0.4, 0.5) is 4.79 Å². The molecule has 0 radical (unpaired) electrons. The average molecular weight is 477 g/mol. The molecule has 4 atom stereocenters. The summed E-state index contributed by atoms with van der Waals surface area (Å²) < 4.78 is 5.71. The highest BCUT2D eigenvalue weighted by molar-refractivity contribution is 5.91. The van der Waals surface area contributed by atoms with Crippen molar-refractivity contribution in [3.8, 4) is 11.1 Å². The lowest BCUT2D eigenvalue weighted by atomic mass is 9.89. The number of nitrogens with one attached hydrogen (secondary N) is 1. The van der Waals surface area contributed by atoms with Gasteiger partial charge in [0.2, 0.25) is 5.91 Å². The Morgan fingerprint density at radius 2 is 1.69 bits per heavy atom. The maximum absolute atomic E-state index is 13.7. The molecule has 2 fully saturated rings. The van der Waals surface area contributed by atoms with E-state index in [0.717, 1.165) is 28.7 Å². The standard InChI is InChI=1S/C28H32N2O5/c1-3-14-28(2,26(33)30-17-12-13-24(30)22(15-17)25(31)32)29-27(34)35-16-23-20-10-6-4-8-18(20)19-9-5-7-11-21(19)23/h4-11,17,22-24H,3,12-16H2,1-2H3,(H,29,34)(H,31,32). The van der Waals surface area contributed by atoms with Crippen LogP contribution in [0.15, 0.2) is 48.5 Å². The molecule has 5 rings (SSSR count). The first-order chi connectivity index (χ1) is 16.8. The van der Waals surface area contributed by atoms with Crippen LogP contribution in [-0.4, -0.2) is 52.2 Å². The molecule has 184 valence electrons. The van der Waals surface area contributed by atoms with Gasteiger partial charge in [-0.1, -0.05) is 61.9 Å². The Bertz CT molecular complexity index is 1120. The Hall–Kier alpha value is -3.35. The van der Waals surface area contributed by atoms with Gasteiger partial charge in [-0.05, 0) is 54.9 Å². The molecule has 3 aliphatic rings. The Kier molecular flexibility index (Phi) is 6.03. The number of amides is 2. The molecule has 0 spiro atoms. The molecule has 0 aromatic heterocycles. The second-order valence-electron chi connectivity index (χ2n) is 10.2. The van der Waals surface area contributed by atoms with Crippen molar-refractivity contribution in [2.75, 3.05) is 6.61 Å². The van der Waals surface area contributed by atoms with E-state index in [1.54, 1.807) is 11.8 Å². The lowest BCUT2D eigenvalue weighted by Gasteiger charge is -2.35. The van der Waals surface area contributed by atoms with E-state index in [2.05, 4.69) is 29.6 Å². The molecule has 7 nitrogen and oxygen atoms in total. The number of carbonyl (C=O) groups is 3. The van der Waals surface area contributed by atoms with Gasteiger partial charge in [0.1, 0.15) is 12.1 Å². The van der Waals surface area contributed by atoms with E-state index >= 15 is 0 Å². The van der Waals surface area contributed by atoms with Crippen molar-refractivity contribution in [2.24, 2.45) is 5.92 Å². The maximum atomic E-state index is 13.7. The van der Waals surface area contributed by atoms with Crippen molar-refractivity contribution >= 4 is 18.0 Å². The summed E-state index contributed by atoms with van der Waals surface area (Å²) in [4.78, 5) is 40.1. The van der Waals surface area contributed by atoms with Crippen molar-refractivity contribution in [2.45, 2.75) is 69.5 Å². The van der Waals surface area contributed by atoms with Crippen LogP contribution in [0.3, 0.4) is 0 Å². The fourth-order valence-electron chi connectivity index (χ4n) is 6.44. The van der Waals surface area contributed by atoms with Crippen LogP contribution in [0.25, 0.3) is 11.1 Å². The number of rotatable bonds is 7. The van der Waals surface area contributed by atoms with Crippen molar-refractivity contribution in [3.05, 3.63) is 59.7 Å². The summed E-state index contributed by atoms with van der Waals surface area (Å²) in [5.74, 6) is -1.65. The van der Waals surface area contributed by atoms with E-state index < -0.39 is 23.5 Å². The highest BCUT2D eigenvalue weighted by Gasteiger charge is 2.54. The lowest BCUT2D eigenvalue weighted by Crippen LogP contribution is -2.59. The van der Waals surface area contributed by atoms with Gasteiger partial charge in [0.05, 0.1) is 5.92 Å². The van der Waals surface area contributed by atoms with Crippen LogP contribution in [0.1, 0.15) is 63.0 Å². The van der Waals surface area contributed by atoms with Gasteiger partial charge >= 0.3 is 12.1 Å². The van der Waals surface area contributed by atoms with Crippen LogP contribution >= 0.6 is 0 Å². The number of nitrogens with zero attached hydrogens (tertiary/aromatic N) is 1. The molecule has 1 aliphatic carbocycles. The van der Waals surface area contributed by atoms with Crippen LogP contribution in [0, 0.1) is 5.92 Å². The van der Waals surface area contributed by atoms with Crippen LogP contribution in [0.2, 0.25) is 0 Å². The molecular weight excluding hydrogens is 444 g/mol. The number of ether oxygens (including phenoxy) is 1. The third kappa shape index (κ3) is 3.97. The number of hydrogen-bond acceptors (Lipinski definition) is 4. The normalized spacial score (nSPS) is 23.9. The number of hydrogen-bond donors (Lipinski definition) is 2. The second kappa shape index (κ2) is 9.02. The molecule has 2 bridgehead atoms. The zero-order chi connectivity index (χ0) is 24.7. The van der Waals surface area contributed by atoms with Gasteiger partial charge in [-0.15, -0.1) is 0 Å². The van der Waals surface area contributed by atoms with Crippen molar-refractivity contribution in [1.82, 2.24) is 10.2 Å². The van der Waals surface area contributed by atoms with E-state index in [1.165, 1.54) is 0 Å². The van der Waals surface area contributed by atoms with Gasteiger partial charge in [0, 0.05) is 18.0 Å². The Morgan fingerprint density at radius 3 is 2.26 bits per heavy atom. The first-order valence-electron chi connectivity index (χ1n) is 12.5. The number of carboxylic acid groups (broad SMARTS) is 1. The molecule has 2 aromatic rings. The van der Waals surface area contributed by atoms with Crippen molar-refractivity contribution < 1.29 is 24.2 Å². The lowest BCUT2D eigenvalue weighted by molar-refractivity contribution is -0.144. The number of fused-ring (bicyclic) bond motifs is 5. The van der Waals surface area contributed by atoms with Crippen molar-refractivity contribution in [3.63, 3.8) is 0 Å². The zero-order valence-electron chi connectivity index (χ0n) is 20.2. The third-order valence-electron chi connectivity index (χ3n) is 8.03. The fourth-order valence-corrected chi connectivity index (χ4v) is 6.44. The molecule has 2 heterocycles. The van der Waals surface area contributed by atoms with Gasteiger partial charge < -0.3 is 20.1 Å². The Labute approximate surface area is 205 Å². The number of alkyl carbamates (subject to hydrolysis) is 1. The molecule has 4 unspecified atom stereocenters. The van der Waals surface area contributed by atoms with E-state index in [1.807, 2.05) is 31.2 Å². The molecular formula is C28H32N2O5. The van der Waals surface area contributed by atoms with Gasteiger partial charge in [0.15, 0.2) is 0 Å². The second-order valence-corrected chi connectivity index (χ2v) is 10.2. The summed E-state index contributed by atoms with van der Waals surface area (Å²) in [5, 5.41) is 12.4. The molecule has 35 heavy (non-hydrogen) atoms. The van der Waals surface area contributed by atoms with Crippen LogP contribution < -0.4 is 5.32 Å². The van der Waals surface area contributed by atoms with Gasteiger partial charge in [-0.2, -0.15) is 0 Å². The van der Waals surface area contributed by atoms with Gasteiger partial charge in [-0.3, -0.25) is 9.59 Å². The molecule has 0 saturated carbocycles. The number of aliphatic carboxylic acids is 1. The van der Waals surface area contributed by atoms with E-state index in [4.69, 9.17) is 4.74 Å². The highest BCUT2D eigenvalue weighted by Crippen LogP contribution is 2.45. The average Bonchev–Trinajstić information content (AvgIpc) is 3.52. The summed E-state index contributed by atoms with van der Waals surface area (Å²) in [6.07, 6.45) is 2.51. The fraction of sp³-hybridized carbons (Fsp3) is 0.464. The molecule has 2 aliphatic heterocycles. The van der Waals surface area contributed by atoms with E-state index in [9.17, 15) is 19.5 Å². The quantitative estimate of drug-likeness (QED) is 0.611. The summed E-state index contributed by atoms with van der Waals surface area (Å²) in [7, 11) is 0.